The minimum absolute atomic E-state index is 0.0109. The summed E-state index contributed by atoms with van der Waals surface area (Å²) >= 11 is 0. The zero-order valence-corrected chi connectivity index (χ0v) is 15.8. The van der Waals surface area contributed by atoms with Crippen molar-refractivity contribution in [2.75, 3.05) is 5.73 Å². The van der Waals surface area contributed by atoms with E-state index in [1.807, 2.05) is 0 Å². The van der Waals surface area contributed by atoms with Crippen molar-refractivity contribution in [2.45, 2.75) is 0 Å². The summed E-state index contributed by atoms with van der Waals surface area (Å²) < 4.78 is 33.2. The number of halogens is 2. The molecule has 31 heavy (non-hydrogen) atoms. The number of nitriles is 1. The van der Waals surface area contributed by atoms with Crippen LogP contribution in [0, 0.1) is 23.0 Å². The van der Waals surface area contributed by atoms with Gasteiger partial charge in [-0.3, -0.25) is 0 Å². The van der Waals surface area contributed by atoms with E-state index in [1.54, 1.807) is 18.2 Å². The molecule has 3 heterocycles. The fraction of sp³-hybridized carbons (Fsp3) is 0. The minimum Gasteiger partial charge on any atom is -0.422 e. The molecular formula is C23H12F2N4O2. The highest BCUT2D eigenvalue weighted by Crippen LogP contribution is 2.32. The number of nitrogen functional groups attached to an aromatic ring is 1. The number of fused-ring (bicyclic) bond motifs is 2. The third kappa shape index (κ3) is 2.91. The van der Waals surface area contributed by atoms with Gasteiger partial charge in [-0.15, -0.1) is 0 Å². The second-order valence-electron chi connectivity index (χ2n) is 6.90. The van der Waals surface area contributed by atoms with Crippen LogP contribution in [-0.4, -0.2) is 9.61 Å². The average Bonchev–Trinajstić information content (AvgIpc) is 3.20. The molecule has 0 bridgehead atoms. The van der Waals surface area contributed by atoms with E-state index in [-0.39, 0.29) is 28.3 Å². The largest absolute Gasteiger partial charge is 0.422 e. The van der Waals surface area contributed by atoms with Crippen molar-refractivity contribution >= 4 is 22.1 Å². The molecule has 0 saturated carbocycles. The van der Waals surface area contributed by atoms with Crippen LogP contribution >= 0.6 is 0 Å². The van der Waals surface area contributed by atoms with Gasteiger partial charge in [0, 0.05) is 16.5 Å². The second kappa shape index (κ2) is 6.78. The van der Waals surface area contributed by atoms with Gasteiger partial charge in [0.2, 0.25) is 0 Å². The molecule has 0 amide bonds. The van der Waals surface area contributed by atoms with Crippen molar-refractivity contribution in [1.29, 1.82) is 5.26 Å². The van der Waals surface area contributed by atoms with Gasteiger partial charge in [-0.05, 0) is 60.7 Å². The fourth-order valence-electron chi connectivity index (χ4n) is 3.56. The summed E-state index contributed by atoms with van der Waals surface area (Å²) in [5.74, 6) is -0.627. The zero-order chi connectivity index (χ0) is 21.7. The molecule has 150 valence electrons. The minimum atomic E-state index is -0.744. The van der Waals surface area contributed by atoms with Gasteiger partial charge < -0.3 is 10.2 Å². The highest BCUT2D eigenvalue weighted by atomic mass is 19.1. The maximum absolute atomic E-state index is 13.3. The lowest BCUT2D eigenvalue weighted by atomic mass is 10.0. The van der Waals surface area contributed by atoms with Gasteiger partial charge in [0.15, 0.2) is 0 Å². The molecule has 0 spiro atoms. The number of hydrogen-bond donors (Lipinski definition) is 1. The standard InChI is InChI=1S/C23H12F2N4O2/c24-14-5-1-12(2-6-14)18-10-19-17(11-26)16-9-20(13-3-7-15(25)8-4-13)31-23(30)21(16)22(27)29(19)28-18/h1-10H,27H2. The SMILES string of the molecule is N#Cc1c2cc(-c3ccc(F)cc3)oc(=O)c2c(N)n2nc(-c3ccc(F)cc3)cc12. The monoisotopic (exact) mass is 414 g/mol. The zero-order valence-electron chi connectivity index (χ0n) is 15.8. The number of anilines is 1. The third-order valence-electron chi connectivity index (χ3n) is 5.05. The first-order valence-electron chi connectivity index (χ1n) is 9.17. The summed E-state index contributed by atoms with van der Waals surface area (Å²) in [7, 11) is 0. The normalized spacial score (nSPS) is 11.1. The summed E-state index contributed by atoms with van der Waals surface area (Å²) in [5.41, 5.74) is 7.61. The quantitative estimate of drug-likeness (QED) is 0.458. The van der Waals surface area contributed by atoms with Crippen molar-refractivity contribution in [3.05, 3.63) is 88.3 Å². The van der Waals surface area contributed by atoms with E-state index < -0.39 is 11.4 Å². The van der Waals surface area contributed by atoms with Crippen LogP contribution in [0.1, 0.15) is 5.56 Å². The first-order valence-corrected chi connectivity index (χ1v) is 9.17. The van der Waals surface area contributed by atoms with Crippen LogP contribution in [-0.2, 0) is 0 Å². The van der Waals surface area contributed by atoms with Crippen LogP contribution in [0.3, 0.4) is 0 Å². The van der Waals surface area contributed by atoms with Crippen molar-refractivity contribution in [3.8, 4) is 28.7 Å². The second-order valence-corrected chi connectivity index (χ2v) is 6.90. The Morgan fingerprint density at radius 2 is 1.58 bits per heavy atom. The lowest BCUT2D eigenvalue weighted by Crippen LogP contribution is -2.10. The highest BCUT2D eigenvalue weighted by Gasteiger charge is 2.20. The predicted molar refractivity (Wildman–Crippen MR) is 111 cm³/mol. The van der Waals surface area contributed by atoms with Crippen LogP contribution in [0.4, 0.5) is 14.6 Å². The van der Waals surface area contributed by atoms with E-state index >= 15 is 0 Å². The Kier molecular flexibility index (Phi) is 4.05. The summed E-state index contributed by atoms with van der Waals surface area (Å²) in [6, 6.07) is 16.4. The fourth-order valence-corrected chi connectivity index (χ4v) is 3.56. The first kappa shape index (κ1) is 18.5. The molecule has 0 aliphatic heterocycles. The van der Waals surface area contributed by atoms with Gasteiger partial charge in [0.05, 0.1) is 16.8 Å². The van der Waals surface area contributed by atoms with E-state index in [9.17, 15) is 18.8 Å². The molecule has 3 aromatic heterocycles. The molecule has 2 N–H and O–H groups in total. The van der Waals surface area contributed by atoms with Gasteiger partial charge in [0.1, 0.15) is 34.7 Å². The molecule has 0 aliphatic rings. The van der Waals surface area contributed by atoms with Crippen molar-refractivity contribution in [2.24, 2.45) is 0 Å². The molecule has 0 radical (unpaired) electrons. The molecule has 0 unspecified atom stereocenters. The summed E-state index contributed by atoms with van der Waals surface area (Å²) in [4.78, 5) is 12.8. The summed E-state index contributed by atoms with van der Waals surface area (Å²) in [6.45, 7) is 0. The Labute approximate surface area is 173 Å². The Morgan fingerprint density at radius 3 is 2.19 bits per heavy atom. The Hall–Kier alpha value is -4.51. The van der Waals surface area contributed by atoms with Crippen LogP contribution < -0.4 is 11.4 Å². The molecule has 0 atom stereocenters. The lowest BCUT2D eigenvalue weighted by Gasteiger charge is -2.08. The molecule has 2 aromatic carbocycles. The Bertz CT molecular complexity index is 1580. The molecule has 8 heteroatoms. The van der Waals surface area contributed by atoms with Gasteiger partial charge in [-0.2, -0.15) is 10.4 Å². The smallest absolute Gasteiger partial charge is 0.347 e. The van der Waals surface area contributed by atoms with Crippen molar-refractivity contribution in [1.82, 2.24) is 9.61 Å². The van der Waals surface area contributed by atoms with Gasteiger partial charge >= 0.3 is 5.63 Å². The summed E-state index contributed by atoms with van der Waals surface area (Å²) in [5, 5.41) is 14.6. The number of benzene rings is 2. The number of nitrogens with zero attached hydrogens (tertiary/aromatic N) is 3. The van der Waals surface area contributed by atoms with Gasteiger partial charge in [-0.25, -0.2) is 18.1 Å². The van der Waals surface area contributed by atoms with E-state index in [1.165, 1.54) is 47.0 Å². The van der Waals surface area contributed by atoms with Gasteiger partial charge in [-0.1, -0.05) is 0 Å². The number of pyridine rings is 1. The highest BCUT2D eigenvalue weighted by molar-refractivity contribution is 6.00. The van der Waals surface area contributed by atoms with E-state index in [4.69, 9.17) is 10.2 Å². The lowest BCUT2D eigenvalue weighted by molar-refractivity contribution is 0.534. The van der Waals surface area contributed by atoms with Crippen molar-refractivity contribution in [3.63, 3.8) is 0 Å². The molecule has 6 nitrogen and oxygen atoms in total. The molecule has 5 rings (SSSR count). The van der Waals surface area contributed by atoms with Crippen LogP contribution in [0.25, 0.3) is 38.9 Å². The van der Waals surface area contributed by atoms with Crippen LogP contribution in [0.15, 0.2) is 69.9 Å². The average molecular weight is 414 g/mol. The van der Waals surface area contributed by atoms with E-state index in [0.717, 1.165) is 0 Å². The molecule has 0 fully saturated rings. The number of aromatic nitrogens is 2. The molecule has 5 aromatic rings. The summed E-state index contributed by atoms with van der Waals surface area (Å²) in [6.07, 6.45) is 0. The number of hydrogen-bond acceptors (Lipinski definition) is 5. The number of rotatable bonds is 2. The van der Waals surface area contributed by atoms with E-state index in [0.29, 0.717) is 27.7 Å². The Morgan fingerprint density at radius 1 is 0.968 bits per heavy atom. The third-order valence-corrected chi connectivity index (χ3v) is 5.05. The molecule has 0 saturated heterocycles. The van der Waals surface area contributed by atoms with E-state index in [2.05, 4.69) is 11.2 Å². The first-order chi connectivity index (χ1) is 15.0. The Balaban J connectivity index is 1.82. The maximum atomic E-state index is 13.3. The maximum Gasteiger partial charge on any atom is 0.347 e. The van der Waals surface area contributed by atoms with Crippen LogP contribution in [0.5, 0.6) is 0 Å². The van der Waals surface area contributed by atoms with Crippen molar-refractivity contribution < 1.29 is 13.2 Å². The number of nitrogens with two attached hydrogens (primary N) is 1. The van der Waals surface area contributed by atoms with Crippen LogP contribution in [0.2, 0.25) is 0 Å². The predicted octanol–water partition coefficient (Wildman–Crippen LogP) is 4.51. The topological polar surface area (TPSA) is 97.3 Å². The molecule has 0 aliphatic carbocycles. The van der Waals surface area contributed by atoms with Gasteiger partial charge in [0.25, 0.3) is 0 Å². The molecular weight excluding hydrogens is 402 g/mol.